The summed E-state index contributed by atoms with van der Waals surface area (Å²) in [4.78, 5) is 31.3. The second kappa shape index (κ2) is 11.9. The third-order valence-electron chi connectivity index (χ3n) is 10.1. The maximum atomic E-state index is 13.5. The molecule has 0 aromatic heterocycles. The van der Waals surface area contributed by atoms with E-state index in [1.165, 1.54) is 31.5 Å². The first-order chi connectivity index (χ1) is 19.1. The molecule has 4 saturated heterocycles. The summed E-state index contributed by atoms with van der Waals surface area (Å²) >= 11 is 0. The van der Waals surface area contributed by atoms with Gasteiger partial charge in [-0.3, -0.25) is 4.79 Å². The molecule has 226 valence electrons. The molecule has 0 aromatic carbocycles. The molecule has 4 aliphatic heterocycles. The van der Waals surface area contributed by atoms with Crippen molar-refractivity contribution in [3.05, 3.63) is 11.6 Å². The number of hydrogen-bond donors (Lipinski definition) is 1. The van der Waals surface area contributed by atoms with Gasteiger partial charge in [0.15, 0.2) is 0 Å². The molecular formula is C31H51N3O6. The number of carbonyl (C=O) groups is 2. The van der Waals surface area contributed by atoms with Crippen molar-refractivity contribution in [1.82, 2.24) is 15.1 Å². The molecule has 0 aromatic rings. The number of hydrogen-bond acceptors (Lipinski definition) is 7. The van der Waals surface area contributed by atoms with E-state index < -0.39 is 18.2 Å². The molecule has 9 nitrogen and oxygen atoms in total. The molecular weight excluding hydrogens is 510 g/mol. The molecule has 5 fully saturated rings. The van der Waals surface area contributed by atoms with E-state index in [9.17, 15) is 9.59 Å². The molecule has 0 bridgehead atoms. The highest BCUT2D eigenvalue weighted by molar-refractivity contribution is 5.86. The first kappa shape index (κ1) is 29.8. The zero-order valence-corrected chi connectivity index (χ0v) is 25.4. The van der Waals surface area contributed by atoms with Crippen LogP contribution in [0.25, 0.3) is 0 Å². The van der Waals surface area contributed by atoms with E-state index in [0.29, 0.717) is 19.1 Å². The lowest BCUT2D eigenvalue weighted by molar-refractivity contribution is -0.136. The van der Waals surface area contributed by atoms with E-state index in [1.54, 1.807) is 7.11 Å². The summed E-state index contributed by atoms with van der Waals surface area (Å²) in [6, 6.07) is -0.0445. The molecule has 1 saturated carbocycles. The highest BCUT2D eigenvalue weighted by atomic mass is 16.6. The summed E-state index contributed by atoms with van der Waals surface area (Å²) in [6.45, 7) is 14.8. The number of carbonyl (C=O) groups excluding carboxylic acids is 2. The van der Waals surface area contributed by atoms with Crippen LogP contribution >= 0.6 is 0 Å². The van der Waals surface area contributed by atoms with Crippen LogP contribution in [0.5, 0.6) is 0 Å². The Kier molecular flexibility index (Phi) is 8.87. The van der Waals surface area contributed by atoms with Gasteiger partial charge in [0.25, 0.3) is 0 Å². The average molecular weight is 562 g/mol. The number of alkyl carbamates (subject to hydrolysis) is 1. The summed E-state index contributed by atoms with van der Waals surface area (Å²) in [5.74, 6) is -0.0964. The van der Waals surface area contributed by atoms with E-state index in [1.807, 2.05) is 18.7 Å². The van der Waals surface area contributed by atoms with Crippen LogP contribution in [0, 0.1) is 11.8 Å². The monoisotopic (exact) mass is 561 g/mol. The second-order valence-electron chi connectivity index (χ2n) is 13.5. The van der Waals surface area contributed by atoms with Crippen LogP contribution in [-0.2, 0) is 23.7 Å². The predicted octanol–water partition coefficient (Wildman–Crippen LogP) is 3.90. The quantitative estimate of drug-likeness (QED) is 0.337. The fourth-order valence-corrected chi connectivity index (χ4v) is 7.64. The van der Waals surface area contributed by atoms with Crippen molar-refractivity contribution < 1.29 is 28.5 Å². The fraction of sp³-hybridized carbons (Fsp3) is 0.871. The Balaban J connectivity index is 1.19. The minimum absolute atomic E-state index is 0.0111. The molecule has 40 heavy (non-hydrogen) atoms. The smallest absolute Gasteiger partial charge is 0.408 e. The van der Waals surface area contributed by atoms with Crippen LogP contribution in [0.2, 0.25) is 0 Å². The minimum Gasteiger partial charge on any atom is -0.443 e. The minimum atomic E-state index is -0.618. The number of methoxy groups -OCH3 is 1. The number of piperidine rings is 1. The van der Waals surface area contributed by atoms with E-state index in [0.717, 1.165) is 38.8 Å². The highest BCUT2D eigenvalue weighted by Crippen LogP contribution is 2.59. The lowest BCUT2D eigenvalue weighted by atomic mass is 9.68. The van der Waals surface area contributed by atoms with Gasteiger partial charge in [-0.05, 0) is 84.7 Å². The van der Waals surface area contributed by atoms with Gasteiger partial charge in [0, 0.05) is 26.2 Å². The van der Waals surface area contributed by atoms with Gasteiger partial charge in [0.05, 0.1) is 18.6 Å². The molecule has 9 heteroatoms. The number of rotatable bonds is 9. The standard InChI is InChI=1S/C31H51N3O6/c1-20(2)9-10-24-30(5,40-24)27-26(37-6)23(11-14-31(27)19-38-31)39-29(36)32-25(21(3)4)28(35)34-17-12-22(13-18-34)33-15-7-8-16-33/h9,21-27H,7-8,10-19H2,1-6H3,(H,32,36)/t23-,24?,25-,26-,27-,30+,31+/m1/s1. The van der Waals surface area contributed by atoms with Crippen LogP contribution < -0.4 is 5.32 Å². The van der Waals surface area contributed by atoms with Gasteiger partial charge in [-0.25, -0.2) is 4.79 Å². The molecule has 1 N–H and O–H groups in total. The Morgan fingerprint density at radius 2 is 1.77 bits per heavy atom. The third kappa shape index (κ3) is 6.08. The molecule has 2 amide bonds. The summed E-state index contributed by atoms with van der Waals surface area (Å²) in [6.07, 6.45) is 7.82. The Bertz CT molecular complexity index is 949. The number of allylic oxidation sites excluding steroid dienone is 1. The SMILES string of the molecule is CO[C@@H]1[C@H](OC(=O)N[C@@H](C(=O)N2CCC(N3CCCC3)CC2)C(C)C)CC[C@]2(CO2)[C@H]1[C@@]1(C)OC1CC=C(C)C. The van der Waals surface area contributed by atoms with Crippen molar-refractivity contribution in [2.75, 3.05) is 39.9 Å². The zero-order chi connectivity index (χ0) is 28.7. The van der Waals surface area contributed by atoms with Gasteiger partial charge in [-0.15, -0.1) is 0 Å². The summed E-state index contributed by atoms with van der Waals surface area (Å²) in [5.41, 5.74) is 0.604. The largest absolute Gasteiger partial charge is 0.443 e. The molecule has 1 unspecified atom stereocenters. The third-order valence-corrected chi connectivity index (χ3v) is 10.1. The molecule has 5 rings (SSSR count). The number of nitrogens with zero attached hydrogens (tertiary/aromatic N) is 2. The molecule has 1 aliphatic carbocycles. The molecule has 4 heterocycles. The first-order valence-electron chi connectivity index (χ1n) is 15.6. The summed E-state index contributed by atoms with van der Waals surface area (Å²) in [7, 11) is 1.68. The number of nitrogens with one attached hydrogen (secondary N) is 1. The van der Waals surface area contributed by atoms with Crippen LogP contribution in [0.4, 0.5) is 4.79 Å². The van der Waals surface area contributed by atoms with Crippen molar-refractivity contribution in [2.24, 2.45) is 11.8 Å². The van der Waals surface area contributed by atoms with Crippen LogP contribution in [0.15, 0.2) is 11.6 Å². The lowest BCUT2D eigenvalue weighted by Gasteiger charge is -2.43. The maximum absolute atomic E-state index is 13.5. The second-order valence-corrected chi connectivity index (χ2v) is 13.5. The Hall–Kier alpha value is -1.68. The topological polar surface area (TPSA) is 96.2 Å². The normalized spacial score (nSPS) is 36.9. The number of ether oxygens (including phenoxy) is 4. The van der Waals surface area contributed by atoms with Gasteiger partial charge in [0.1, 0.15) is 29.5 Å². The molecule has 5 aliphatic rings. The molecule has 7 atom stereocenters. The zero-order valence-electron chi connectivity index (χ0n) is 25.4. The summed E-state index contributed by atoms with van der Waals surface area (Å²) < 4.78 is 24.4. The molecule has 0 radical (unpaired) electrons. The van der Waals surface area contributed by atoms with Crippen molar-refractivity contribution in [3.8, 4) is 0 Å². The van der Waals surface area contributed by atoms with Gasteiger partial charge >= 0.3 is 6.09 Å². The predicted molar refractivity (Wildman–Crippen MR) is 152 cm³/mol. The molecule has 1 spiro atoms. The number of amides is 2. The summed E-state index contributed by atoms with van der Waals surface area (Å²) in [5, 5.41) is 2.93. The van der Waals surface area contributed by atoms with Crippen molar-refractivity contribution in [3.63, 3.8) is 0 Å². The Morgan fingerprint density at radius 1 is 1.10 bits per heavy atom. The van der Waals surface area contributed by atoms with Gasteiger partial charge in [0.2, 0.25) is 5.91 Å². The van der Waals surface area contributed by atoms with Crippen LogP contribution in [0.1, 0.15) is 79.6 Å². The van der Waals surface area contributed by atoms with Crippen molar-refractivity contribution >= 4 is 12.0 Å². The average Bonchev–Trinajstić information content (AvgIpc) is 3.76. The van der Waals surface area contributed by atoms with E-state index >= 15 is 0 Å². The van der Waals surface area contributed by atoms with Gasteiger partial charge < -0.3 is 34.1 Å². The first-order valence-corrected chi connectivity index (χ1v) is 15.6. The number of epoxide rings is 2. The van der Waals surface area contributed by atoms with E-state index in [2.05, 4.69) is 37.1 Å². The van der Waals surface area contributed by atoms with Gasteiger partial charge in [-0.2, -0.15) is 0 Å². The van der Waals surface area contributed by atoms with E-state index in [-0.39, 0.29) is 41.2 Å². The maximum Gasteiger partial charge on any atom is 0.408 e. The van der Waals surface area contributed by atoms with Gasteiger partial charge in [-0.1, -0.05) is 25.5 Å². The van der Waals surface area contributed by atoms with Crippen LogP contribution in [0.3, 0.4) is 0 Å². The van der Waals surface area contributed by atoms with Crippen molar-refractivity contribution in [1.29, 1.82) is 0 Å². The van der Waals surface area contributed by atoms with E-state index in [4.69, 9.17) is 18.9 Å². The Morgan fingerprint density at radius 3 is 2.35 bits per heavy atom. The Labute approximate surface area is 240 Å². The lowest BCUT2D eigenvalue weighted by Crippen LogP contribution is -2.58. The number of likely N-dealkylation sites (tertiary alicyclic amines) is 2. The van der Waals surface area contributed by atoms with Crippen LogP contribution in [-0.4, -0.2) is 103 Å². The van der Waals surface area contributed by atoms with Crippen molar-refractivity contribution in [2.45, 2.75) is 121 Å². The fourth-order valence-electron chi connectivity index (χ4n) is 7.64. The highest BCUT2D eigenvalue weighted by Gasteiger charge is 2.72.